The van der Waals surface area contributed by atoms with E-state index in [4.69, 9.17) is 5.11 Å². The molecule has 1 fully saturated rings. The van der Waals surface area contributed by atoms with Crippen molar-refractivity contribution in [3.05, 3.63) is 35.4 Å². The molecule has 18 heavy (non-hydrogen) atoms. The van der Waals surface area contributed by atoms with Crippen LogP contribution >= 0.6 is 12.4 Å². The van der Waals surface area contributed by atoms with Crippen molar-refractivity contribution in [2.75, 3.05) is 13.1 Å². The van der Waals surface area contributed by atoms with Crippen molar-refractivity contribution < 1.29 is 9.90 Å². The molecule has 2 rings (SSSR count). The Bertz CT molecular complexity index is 383. The SMILES string of the molecule is CC1CCN(Cc2ccc(C(=O)O)cc2)CC1.Cl. The number of halogens is 1. The summed E-state index contributed by atoms with van der Waals surface area (Å²) in [6, 6.07) is 7.21. The van der Waals surface area contributed by atoms with Gasteiger partial charge in [-0.05, 0) is 49.5 Å². The zero-order chi connectivity index (χ0) is 12.3. The first-order chi connectivity index (χ1) is 8.15. The molecule has 1 aliphatic rings. The van der Waals surface area contributed by atoms with Gasteiger partial charge in [-0.1, -0.05) is 19.1 Å². The minimum absolute atomic E-state index is 0. The average molecular weight is 270 g/mol. The summed E-state index contributed by atoms with van der Waals surface area (Å²) in [5.41, 5.74) is 1.56. The van der Waals surface area contributed by atoms with E-state index in [0.29, 0.717) is 5.56 Å². The molecule has 1 heterocycles. The summed E-state index contributed by atoms with van der Waals surface area (Å²) in [4.78, 5) is 13.2. The Balaban J connectivity index is 0.00000162. The molecule has 1 aliphatic heterocycles. The Kier molecular flexibility index (Phi) is 5.63. The molecule has 0 bridgehead atoms. The minimum Gasteiger partial charge on any atom is -0.478 e. The van der Waals surface area contributed by atoms with Gasteiger partial charge in [-0.2, -0.15) is 0 Å². The molecule has 0 atom stereocenters. The van der Waals surface area contributed by atoms with Crippen molar-refractivity contribution in [2.45, 2.75) is 26.3 Å². The fourth-order valence-electron chi connectivity index (χ4n) is 2.23. The molecular weight excluding hydrogens is 250 g/mol. The average Bonchev–Trinajstić information content (AvgIpc) is 2.33. The maximum absolute atomic E-state index is 10.7. The molecule has 4 heteroatoms. The van der Waals surface area contributed by atoms with Gasteiger partial charge in [0.05, 0.1) is 5.56 Å². The molecule has 1 aromatic rings. The Morgan fingerprint density at radius 2 is 1.83 bits per heavy atom. The van der Waals surface area contributed by atoms with Gasteiger partial charge in [0.15, 0.2) is 0 Å². The van der Waals surface area contributed by atoms with Crippen LogP contribution in [0.3, 0.4) is 0 Å². The molecule has 1 N–H and O–H groups in total. The summed E-state index contributed by atoms with van der Waals surface area (Å²) < 4.78 is 0. The van der Waals surface area contributed by atoms with Gasteiger partial charge in [-0.15, -0.1) is 12.4 Å². The molecule has 0 saturated carbocycles. The number of piperidine rings is 1. The van der Waals surface area contributed by atoms with E-state index in [9.17, 15) is 4.79 Å². The second kappa shape index (κ2) is 6.76. The van der Waals surface area contributed by atoms with E-state index in [0.717, 1.165) is 25.6 Å². The highest BCUT2D eigenvalue weighted by atomic mass is 35.5. The maximum atomic E-state index is 10.7. The standard InChI is InChI=1S/C14H19NO2.ClH/c1-11-6-8-15(9-7-11)10-12-2-4-13(5-3-12)14(16)17;/h2-5,11H,6-10H2,1H3,(H,16,17);1H. The van der Waals surface area contributed by atoms with Crippen LogP contribution in [0.15, 0.2) is 24.3 Å². The first-order valence-electron chi connectivity index (χ1n) is 6.20. The lowest BCUT2D eigenvalue weighted by atomic mass is 9.99. The van der Waals surface area contributed by atoms with Gasteiger partial charge in [0.2, 0.25) is 0 Å². The highest BCUT2D eigenvalue weighted by molar-refractivity contribution is 5.87. The van der Waals surface area contributed by atoms with Gasteiger partial charge in [-0.25, -0.2) is 4.79 Å². The zero-order valence-electron chi connectivity index (χ0n) is 10.6. The summed E-state index contributed by atoms with van der Waals surface area (Å²) >= 11 is 0. The Morgan fingerprint density at radius 3 is 2.33 bits per heavy atom. The molecule has 0 spiro atoms. The molecule has 0 radical (unpaired) electrons. The van der Waals surface area contributed by atoms with E-state index < -0.39 is 5.97 Å². The molecule has 3 nitrogen and oxygen atoms in total. The molecule has 0 aromatic heterocycles. The van der Waals surface area contributed by atoms with Gasteiger partial charge in [-0.3, -0.25) is 4.90 Å². The van der Waals surface area contributed by atoms with Crippen LogP contribution in [0.25, 0.3) is 0 Å². The lowest BCUT2D eigenvalue weighted by Crippen LogP contribution is -2.32. The third kappa shape index (κ3) is 4.00. The van der Waals surface area contributed by atoms with E-state index in [1.165, 1.54) is 18.4 Å². The monoisotopic (exact) mass is 269 g/mol. The van der Waals surface area contributed by atoms with E-state index in [1.807, 2.05) is 12.1 Å². The van der Waals surface area contributed by atoms with Crippen LogP contribution in [0, 0.1) is 5.92 Å². The Hall–Kier alpha value is -1.06. The van der Waals surface area contributed by atoms with E-state index in [-0.39, 0.29) is 12.4 Å². The second-order valence-corrected chi connectivity index (χ2v) is 4.96. The van der Waals surface area contributed by atoms with E-state index in [2.05, 4.69) is 11.8 Å². The number of nitrogens with zero attached hydrogens (tertiary/aromatic N) is 1. The zero-order valence-corrected chi connectivity index (χ0v) is 11.4. The van der Waals surface area contributed by atoms with Crippen LogP contribution in [0.4, 0.5) is 0 Å². The van der Waals surface area contributed by atoms with Crippen molar-refractivity contribution in [1.82, 2.24) is 4.90 Å². The van der Waals surface area contributed by atoms with E-state index >= 15 is 0 Å². The van der Waals surface area contributed by atoms with Crippen molar-refractivity contribution in [3.63, 3.8) is 0 Å². The normalized spacial score (nSPS) is 17.2. The summed E-state index contributed by atoms with van der Waals surface area (Å²) in [5, 5.41) is 8.82. The number of rotatable bonds is 3. The lowest BCUT2D eigenvalue weighted by molar-refractivity contribution is 0.0697. The summed E-state index contributed by atoms with van der Waals surface area (Å²) in [7, 11) is 0. The Labute approximate surface area is 114 Å². The van der Waals surface area contributed by atoms with Gasteiger partial charge < -0.3 is 5.11 Å². The predicted octanol–water partition coefficient (Wildman–Crippen LogP) is 3.04. The van der Waals surface area contributed by atoms with E-state index in [1.54, 1.807) is 12.1 Å². The number of benzene rings is 1. The van der Waals surface area contributed by atoms with Gasteiger partial charge in [0.1, 0.15) is 0 Å². The molecule has 0 unspecified atom stereocenters. The number of hydrogen-bond acceptors (Lipinski definition) is 2. The van der Waals surface area contributed by atoms with Crippen LogP contribution in [-0.2, 0) is 6.54 Å². The molecule has 0 amide bonds. The van der Waals surface area contributed by atoms with Gasteiger partial charge in [0.25, 0.3) is 0 Å². The van der Waals surface area contributed by atoms with Crippen molar-refractivity contribution in [3.8, 4) is 0 Å². The van der Waals surface area contributed by atoms with Crippen LogP contribution in [0.5, 0.6) is 0 Å². The van der Waals surface area contributed by atoms with Crippen molar-refractivity contribution >= 4 is 18.4 Å². The highest BCUT2D eigenvalue weighted by Gasteiger charge is 2.15. The summed E-state index contributed by atoms with van der Waals surface area (Å²) in [6.45, 7) is 5.55. The number of carboxylic acid groups (broad SMARTS) is 1. The largest absolute Gasteiger partial charge is 0.478 e. The molecule has 100 valence electrons. The molecule has 1 saturated heterocycles. The highest BCUT2D eigenvalue weighted by Crippen LogP contribution is 2.18. The topological polar surface area (TPSA) is 40.5 Å². The van der Waals surface area contributed by atoms with Crippen LogP contribution in [0.2, 0.25) is 0 Å². The lowest BCUT2D eigenvalue weighted by Gasteiger charge is -2.30. The predicted molar refractivity (Wildman–Crippen MR) is 74.3 cm³/mol. The van der Waals surface area contributed by atoms with Crippen LogP contribution < -0.4 is 0 Å². The van der Waals surface area contributed by atoms with Crippen LogP contribution in [-0.4, -0.2) is 29.1 Å². The van der Waals surface area contributed by atoms with Gasteiger partial charge in [0, 0.05) is 6.54 Å². The quantitative estimate of drug-likeness (QED) is 0.917. The Morgan fingerprint density at radius 1 is 1.28 bits per heavy atom. The summed E-state index contributed by atoms with van der Waals surface area (Å²) in [6.07, 6.45) is 2.54. The fourth-order valence-corrected chi connectivity index (χ4v) is 2.23. The summed E-state index contributed by atoms with van der Waals surface area (Å²) in [5.74, 6) is -0.0102. The second-order valence-electron chi connectivity index (χ2n) is 4.96. The first-order valence-corrected chi connectivity index (χ1v) is 6.20. The van der Waals surface area contributed by atoms with Crippen molar-refractivity contribution in [2.24, 2.45) is 5.92 Å². The third-order valence-corrected chi connectivity index (χ3v) is 3.48. The smallest absolute Gasteiger partial charge is 0.335 e. The molecule has 0 aliphatic carbocycles. The maximum Gasteiger partial charge on any atom is 0.335 e. The number of carbonyl (C=O) groups is 1. The van der Waals surface area contributed by atoms with Crippen molar-refractivity contribution in [1.29, 1.82) is 0 Å². The number of carboxylic acids is 1. The molecule has 1 aromatic carbocycles. The number of hydrogen-bond donors (Lipinski definition) is 1. The van der Waals surface area contributed by atoms with Gasteiger partial charge >= 0.3 is 5.97 Å². The minimum atomic E-state index is -0.858. The van der Waals surface area contributed by atoms with Crippen LogP contribution in [0.1, 0.15) is 35.7 Å². The third-order valence-electron chi connectivity index (χ3n) is 3.48. The molecular formula is C14H20ClNO2. The number of likely N-dealkylation sites (tertiary alicyclic amines) is 1. The fraction of sp³-hybridized carbons (Fsp3) is 0.500. The first kappa shape index (κ1) is 15.0. The number of aromatic carboxylic acids is 1.